The predicted molar refractivity (Wildman–Crippen MR) is 81.7 cm³/mol. The lowest BCUT2D eigenvalue weighted by atomic mass is 9.98. The number of nitrogens with one attached hydrogen (secondary N) is 1. The van der Waals surface area contributed by atoms with Gasteiger partial charge in [0.05, 0.1) is 5.56 Å². The fourth-order valence-corrected chi connectivity index (χ4v) is 2.26. The summed E-state index contributed by atoms with van der Waals surface area (Å²) in [4.78, 5) is 8.35. The number of aryl methyl sites for hydroxylation is 1. The zero-order chi connectivity index (χ0) is 14.7. The molecule has 4 heteroatoms. The molecule has 2 aromatic rings. The van der Waals surface area contributed by atoms with Gasteiger partial charge < -0.3 is 10.1 Å². The molecule has 0 unspecified atom stereocenters. The number of hydrogen-bond donors (Lipinski definition) is 1. The first-order valence-electron chi connectivity index (χ1n) is 6.80. The number of benzene rings is 1. The van der Waals surface area contributed by atoms with Crippen molar-refractivity contribution < 1.29 is 4.74 Å². The molecule has 1 aromatic carbocycles. The zero-order valence-corrected chi connectivity index (χ0v) is 12.7. The van der Waals surface area contributed by atoms with Crippen LogP contribution in [0.25, 0.3) is 0 Å². The van der Waals surface area contributed by atoms with Gasteiger partial charge in [-0.25, -0.2) is 9.97 Å². The summed E-state index contributed by atoms with van der Waals surface area (Å²) < 4.78 is 5.88. The third-order valence-electron chi connectivity index (χ3n) is 3.35. The summed E-state index contributed by atoms with van der Waals surface area (Å²) in [6.45, 7) is 8.43. The van der Waals surface area contributed by atoms with Crippen molar-refractivity contribution in [1.29, 1.82) is 0 Å². The summed E-state index contributed by atoms with van der Waals surface area (Å²) >= 11 is 0. The Morgan fingerprint density at radius 1 is 1.15 bits per heavy atom. The van der Waals surface area contributed by atoms with E-state index in [-0.39, 0.29) is 0 Å². The Morgan fingerprint density at radius 2 is 1.90 bits per heavy atom. The Labute approximate surface area is 120 Å². The van der Waals surface area contributed by atoms with Gasteiger partial charge in [-0.15, -0.1) is 0 Å². The Balaban J connectivity index is 2.29. The summed E-state index contributed by atoms with van der Waals surface area (Å²) in [6, 6.07) is 6.16. The van der Waals surface area contributed by atoms with Crippen molar-refractivity contribution in [2.45, 2.75) is 33.6 Å². The Morgan fingerprint density at radius 3 is 2.50 bits per heavy atom. The summed E-state index contributed by atoms with van der Waals surface area (Å²) in [6.07, 6.45) is 1.50. The molecule has 0 radical (unpaired) electrons. The standard InChI is InChI=1S/C16H21N3O/c1-10(2)14-7-6-13(8-11(14)3)20-16-12(4)15(17-5)18-9-19-16/h6-10H,1-5H3,(H,17,18,19). The Kier molecular flexibility index (Phi) is 4.23. The van der Waals surface area contributed by atoms with E-state index < -0.39 is 0 Å². The van der Waals surface area contributed by atoms with Gasteiger partial charge in [0.15, 0.2) is 0 Å². The van der Waals surface area contributed by atoms with E-state index in [1.54, 1.807) is 0 Å². The number of hydrogen-bond acceptors (Lipinski definition) is 4. The lowest BCUT2D eigenvalue weighted by molar-refractivity contribution is 0.457. The van der Waals surface area contributed by atoms with E-state index >= 15 is 0 Å². The molecule has 1 aromatic heterocycles. The van der Waals surface area contributed by atoms with E-state index in [0.717, 1.165) is 17.1 Å². The molecule has 2 rings (SSSR count). The number of rotatable bonds is 4. The maximum atomic E-state index is 5.88. The van der Waals surface area contributed by atoms with Gasteiger partial charge in [-0.2, -0.15) is 0 Å². The lowest BCUT2D eigenvalue weighted by Crippen LogP contribution is -2.00. The van der Waals surface area contributed by atoms with Crippen molar-refractivity contribution in [3.8, 4) is 11.6 Å². The molecule has 0 bridgehead atoms. The second kappa shape index (κ2) is 5.90. The van der Waals surface area contributed by atoms with Crippen LogP contribution >= 0.6 is 0 Å². The normalized spacial score (nSPS) is 10.7. The number of nitrogens with zero attached hydrogens (tertiary/aromatic N) is 2. The minimum atomic E-state index is 0.515. The molecule has 1 N–H and O–H groups in total. The van der Waals surface area contributed by atoms with Gasteiger partial charge in [-0.05, 0) is 43.0 Å². The van der Waals surface area contributed by atoms with Crippen LogP contribution in [0.15, 0.2) is 24.5 Å². The highest BCUT2D eigenvalue weighted by Gasteiger charge is 2.10. The van der Waals surface area contributed by atoms with E-state index in [1.807, 2.05) is 20.0 Å². The van der Waals surface area contributed by atoms with Crippen LogP contribution in [0.2, 0.25) is 0 Å². The topological polar surface area (TPSA) is 47.0 Å². The summed E-state index contributed by atoms with van der Waals surface area (Å²) in [7, 11) is 1.83. The van der Waals surface area contributed by atoms with Gasteiger partial charge in [-0.1, -0.05) is 19.9 Å². The number of ether oxygens (including phenoxy) is 1. The highest BCUT2D eigenvalue weighted by molar-refractivity contribution is 5.48. The summed E-state index contributed by atoms with van der Waals surface area (Å²) in [5.74, 6) is 2.68. The van der Waals surface area contributed by atoms with E-state index in [4.69, 9.17) is 4.74 Å². The molecule has 0 amide bonds. The molecule has 0 aliphatic heterocycles. The predicted octanol–water partition coefficient (Wildman–Crippen LogP) is 4.05. The molecule has 0 fully saturated rings. The molecule has 4 nitrogen and oxygen atoms in total. The van der Waals surface area contributed by atoms with E-state index in [2.05, 4.69) is 48.2 Å². The van der Waals surface area contributed by atoms with Gasteiger partial charge in [0.1, 0.15) is 17.9 Å². The van der Waals surface area contributed by atoms with E-state index in [9.17, 15) is 0 Å². The maximum Gasteiger partial charge on any atom is 0.227 e. The van der Waals surface area contributed by atoms with Gasteiger partial charge in [0, 0.05) is 7.05 Å². The first-order valence-corrected chi connectivity index (χ1v) is 6.80. The van der Waals surface area contributed by atoms with Crippen molar-refractivity contribution in [2.75, 3.05) is 12.4 Å². The van der Waals surface area contributed by atoms with Crippen LogP contribution in [0.1, 0.15) is 36.5 Å². The Hall–Kier alpha value is -2.10. The van der Waals surface area contributed by atoms with Gasteiger partial charge in [0.25, 0.3) is 0 Å². The van der Waals surface area contributed by atoms with Gasteiger partial charge in [-0.3, -0.25) is 0 Å². The minimum absolute atomic E-state index is 0.515. The van der Waals surface area contributed by atoms with Crippen molar-refractivity contribution in [2.24, 2.45) is 0 Å². The molecule has 1 heterocycles. The van der Waals surface area contributed by atoms with Crippen molar-refractivity contribution in [3.05, 3.63) is 41.2 Å². The molecule has 0 saturated carbocycles. The third kappa shape index (κ3) is 2.90. The molecule has 0 spiro atoms. The SMILES string of the molecule is CNc1ncnc(Oc2ccc(C(C)C)c(C)c2)c1C. The third-order valence-corrected chi connectivity index (χ3v) is 3.35. The molecule has 0 aliphatic rings. The fraction of sp³-hybridized carbons (Fsp3) is 0.375. The molecular weight excluding hydrogens is 250 g/mol. The zero-order valence-electron chi connectivity index (χ0n) is 12.7. The fourth-order valence-electron chi connectivity index (χ4n) is 2.26. The first kappa shape index (κ1) is 14.3. The average Bonchev–Trinajstić information content (AvgIpc) is 2.41. The number of anilines is 1. The van der Waals surface area contributed by atoms with Crippen LogP contribution in [0.3, 0.4) is 0 Å². The number of aromatic nitrogens is 2. The van der Waals surface area contributed by atoms with Crippen LogP contribution in [0.4, 0.5) is 5.82 Å². The summed E-state index contributed by atoms with van der Waals surface area (Å²) in [5, 5.41) is 3.03. The molecule has 0 atom stereocenters. The quantitative estimate of drug-likeness (QED) is 0.911. The van der Waals surface area contributed by atoms with Crippen LogP contribution in [-0.2, 0) is 0 Å². The van der Waals surface area contributed by atoms with Crippen LogP contribution in [-0.4, -0.2) is 17.0 Å². The minimum Gasteiger partial charge on any atom is -0.439 e. The van der Waals surface area contributed by atoms with Crippen LogP contribution in [0, 0.1) is 13.8 Å². The van der Waals surface area contributed by atoms with Crippen LogP contribution in [0.5, 0.6) is 11.6 Å². The van der Waals surface area contributed by atoms with Crippen molar-refractivity contribution in [3.63, 3.8) is 0 Å². The smallest absolute Gasteiger partial charge is 0.227 e. The van der Waals surface area contributed by atoms with Crippen molar-refractivity contribution in [1.82, 2.24) is 9.97 Å². The largest absolute Gasteiger partial charge is 0.439 e. The molecule has 0 aliphatic carbocycles. The summed E-state index contributed by atoms with van der Waals surface area (Å²) in [5.41, 5.74) is 3.48. The van der Waals surface area contributed by atoms with Crippen LogP contribution < -0.4 is 10.1 Å². The van der Waals surface area contributed by atoms with Crippen molar-refractivity contribution >= 4 is 5.82 Å². The van der Waals surface area contributed by atoms with Gasteiger partial charge in [0.2, 0.25) is 5.88 Å². The molecule has 20 heavy (non-hydrogen) atoms. The second-order valence-electron chi connectivity index (χ2n) is 5.18. The first-order chi connectivity index (χ1) is 9.52. The maximum absolute atomic E-state index is 5.88. The highest BCUT2D eigenvalue weighted by atomic mass is 16.5. The lowest BCUT2D eigenvalue weighted by Gasteiger charge is -2.13. The second-order valence-corrected chi connectivity index (χ2v) is 5.18. The molecular formula is C16H21N3O. The molecule has 0 saturated heterocycles. The monoisotopic (exact) mass is 271 g/mol. The highest BCUT2D eigenvalue weighted by Crippen LogP contribution is 2.29. The Bertz CT molecular complexity index is 609. The van der Waals surface area contributed by atoms with Gasteiger partial charge >= 0.3 is 0 Å². The average molecular weight is 271 g/mol. The molecule has 106 valence electrons. The van der Waals surface area contributed by atoms with E-state index in [1.165, 1.54) is 17.5 Å². The van der Waals surface area contributed by atoms with E-state index in [0.29, 0.717) is 11.8 Å².